The van der Waals surface area contributed by atoms with Gasteiger partial charge in [0.25, 0.3) is 5.91 Å². The highest BCUT2D eigenvalue weighted by Crippen LogP contribution is 2.14. The number of benzene rings is 1. The summed E-state index contributed by atoms with van der Waals surface area (Å²) in [5.41, 5.74) is 5.45. The molecule has 0 aliphatic rings. The Balaban J connectivity index is 3.06. The first-order valence-corrected chi connectivity index (χ1v) is 4.68. The maximum atomic E-state index is 13.4. The topological polar surface area (TPSA) is 93.9 Å². The molecule has 1 aromatic carbocycles. The number of rotatable bonds is 3. The fourth-order valence-corrected chi connectivity index (χ4v) is 1.25. The van der Waals surface area contributed by atoms with Crippen LogP contribution in [0.25, 0.3) is 0 Å². The molecule has 0 saturated carbocycles. The summed E-state index contributed by atoms with van der Waals surface area (Å²) < 4.78 is 13.4. The van der Waals surface area contributed by atoms with E-state index in [-0.39, 0.29) is 24.3 Å². The number of nitrogen functional groups attached to an aromatic ring is 1. The molecule has 1 rings (SSSR count). The smallest absolute Gasteiger partial charge is 0.258 e. The lowest BCUT2D eigenvalue weighted by molar-refractivity contribution is 0.0790. The molecule has 0 aromatic heterocycles. The zero-order valence-corrected chi connectivity index (χ0v) is 8.85. The fourth-order valence-electron chi connectivity index (χ4n) is 1.25. The Hall–Kier alpha value is -2.60. The highest BCUT2D eigenvalue weighted by Gasteiger charge is 2.18. The Morgan fingerprint density at radius 2 is 1.94 bits per heavy atom. The van der Waals surface area contributed by atoms with Crippen molar-refractivity contribution in [1.82, 2.24) is 4.90 Å². The number of nitrogens with zero attached hydrogens (tertiary/aromatic N) is 3. The third kappa shape index (κ3) is 2.93. The summed E-state index contributed by atoms with van der Waals surface area (Å²) in [7, 11) is 0. The van der Waals surface area contributed by atoms with E-state index in [9.17, 15) is 9.18 Å². The molecule has 0 heterocycles. The van der Waals surface area contributed by atoms with Crippen molar-refractivity contribution in [2.45, 2.75) is 0 Å². The van der Waals surface area contributed by atoms with Crippen molar-refractivity contribution in [2.24, 2.45) is 0 Å². The molecule has 0 saturated heterocycles. The van der Waals surface area contributed by atoms with E-state index in [4.69, 9.17) is 16.3 Å². The molecule has 17 heavy (non-hydrogen) atoms. The van der Waals surface area contributed by atoms with Gasteiger partial charge in [0.1, 0.15) is 18.9 Å². The van der Waals surface area contributed by atoms with E-state index in [1.807, 2.05) is 0 Å². The van der Waals surface area contributed by atoms with Gasteiger partial charge in [-0.25, -0.2) is 4.39 Å². The molecule has 0 aliphatic carbocycles. The van der Waals surface area contributed by atoms with Gasteiger partial charge in [-0.3, -0.25) is 4.79 Å². The average Bonchev–Trinajstić information content (AvgIpc) is 2.31. The molecule has 0 spiro atoms. The minimum absolute atomic E-state index is 0.239. The van der Waals surface area contributed by atoms with Gasteiger partial charge in [-0.15, -0.1) is 0 Å². The minimum atomic E-state index is -0.731. The summed E-state index contributed by atoms with van der Waals surface area (Å²) in [6, 6.07) is 7.05. The Morgan fingerprint density at radius 3 is 2.47 bits per heavy atom. The van der Waals surface area contributed by atoms with Crippen molar-refractivity contribution in [3.05, 3.63) is 29.6 Å². The zero-order chi connectivity index (χ0) is 12.8. The number of carbonyl (C=O) groups excluding carboxylic acids is 1. The normalized spacial score (nSPS) is 9.12. The first kappa shape index (κ1) is 12.5. The number of hydrogen-bond acceptors (Lipinski definition) is 4. The van der Waals surface area contributed by atoms with Crippen molar-refractivity contribution >= 4 is 11.6 Å². The summed E-state index contributed by atoms with van der Waals surface area (Å²) >= 11 is 0. The molecule has 0 aliphatic heterocycles. The van der Waals surface area contributed by atoms with Gasteiger partial charge in [0.2, 0.25) is 0 Å². The van der Waals surface area contributed by atoms with E-state index in [0.717, 1.165) is 11.0 Å². The Morgan fingerprint density at radius 1 is 1.35 bits per heavy atom. The number of anilines is 1. The van der Waals surface area contributed by atoms with Gasteiger partial charge in [0, 0.05) is 5.69 Å². The van der Waals surface area contributed by atoms with Crippen LogP contribution in [0.4, 0.5) is 10.1 Å². The minimum Gasteiger partial charge on any atom is -0.399 e. The van der Waals surface area contributed by atoms with E-state index in [1.54, 1.807) is 12.1 Å². The van der Waals surface area contributed by atoms with Crippen LogP contribution in [0.2, 0.25) is 0 Å². The number of halogens is 1. The quantitative estimate of drug-likeness (QED) is 0.618. The predicted molar refractivity (Wildman–Crippen MR) is 57.9 cm³/mol. The maximum absolute atomic E-state index is 13.4. The molecular formula is C11H9FN4O. The first-order valence-electron chi connectivity index (χ1n) is 4.68. The molecule has 1 amide bonds. The highest BCUT2D eigenvalue weighted by atomic mass is 19.1. The molecule has 1 aromatic rings. The first-order chi connectivity index (χ1) is 8.10. The van der Waals surface area contributed by atoms with Crippen LogP contribution in [-0.2, 0) is 0 Å². The van der Waals surface area contributed by atoms with E-state index in [2.05, 4.69) is 0 Å². The van der Waals surface area contributed by atoms with Crippen LogP contribution in [0.15, 0.2) is 18.2 Å². The van der Waals surface area contributed by atoms with Crippen LogP contribution in [0, 0.1) is 28.5 Å². The fraction of sp³-hybridized carbons (Fsp3) is 0.182. The largest absolute Gasteiger partial charge is 0.399 e. The molecule has 6 heteroatoms. The molecule has 2 N–H and O–H groups in total. The molecular weight excluding hydrogens is 223 g/mol. The number of carbonyl (C=O) groups is 1. The number of hydrogen-bond donors (Lipinski definition) is 1. The molecule has 86 valence electrons. The van der Waals surface area contributed by atoms with E-state index >= 15 is 0 Å². The van der Waals surface area contributed by atoms with Crippen LogP contribution in [0.1, 0.15) is 10.4 Å². The lowest BCUT2D eigenvalue weighted by Crippen LogP contribution is -2.32. The Labute approximate surface area is 97.5 Å². The SMILES string of the molecule is N#CCN(CC#N)C(=O)c1cc(N)ccc1F. The van der Waals surface area contributed by atoms with Crippen LogP contribution < -0.4 is 5.73 Å². The van der Waals surface area contributed by atoms with Crippen LogP contribution in [0.3, 0.4) is 0 Å². The summed E-state index contributed by atoms with van der Waals surface area (Å²) in [6.07, 6.45) is 0. The van der Waals surface area contributed by atoms with Crippen molar-refractivity contribution in [3.8, 4) is 12.1 Å². The summed E-state index contributed by atoms with van der Waals surface area (Å²) in [4.78, 5) is 12.8. The molecule has 5 nitrogen and oxygen atoms in total. The van der Waals surface area contributed by atoms with Gasteiger partial charge in [0.05, 0.1) is 17.7 Å². The standard InChI is InChI=1S/C11H9FN4O/c12-10-2-1-8(15)7-9(10)11(17)16(5-3-13)6-4-14/h1-2,7H,5-6,15H2. The third-order valence-electron chi connectivity index (χ3n) is 2.03. The molecule has 0 atom stereocenters. The highest BCUT2D eigenvalue weighted by molar-refractivity contribution is 5.95. The zero-order valence-electron chi connectivity index (χ0n) is 8.85. The second-order valence-corrected chi connectivity index (χ2v) is 3.22. The summed E-state index contributed by atoms with van der Waals surface area (Å²) in [5, 5.41) is 17.0. The third-order valence-corrected chi connectivity index (χ3v) is 2.03. The van der Waals surface area contributed by atoms with Gasteiger partial charge >= 0.3 is 0 Å². The second-order valence-electron chi connectivity index (χ2n) is 3.22. The lowest BCUT2D eigenvalue weighted by Gasteiger charge is -2.16. The summed E-state index contributed by atoms with van der Waals surface area (Å²) in [5.74, 6) is -1.46. The van der Waals surface area contributed by atoms with Crippen LogP contribution in [-0.4, -0.2) is 23.9 Å². The molecule has 0 fully saturated rings. The lowest BCUT2D eigenvalue weighted by atomic mass is 10.1. The number of nitrogens with two attached hydrogens (primary N) is 1. The molecule has 0 bridgehead atoms. The number of amides is 1. The molecule has 0 radical (unpaired) electrons. The number of nitriles is 2. The monoisotopic (exact) mass is 232 g/mol. The van der Waals surface area contributed by atoms with Gasteiger partial charge in [-0.1, -0.05) is 0 Å². The predicted octanol–water partition coefficient (Wildman–Crippen LogP) is 0.897. The van der Waals surface area contributed by atoms with Crippen molar-refractivity contribution < 1.29 is 9.18 Å². The van der Waals surface area contributed by atoms with E-state index in [0.29, 0.717) is 0 Å². The van der Waals surface area contributed by atoms with Gasteiger partial charge in [-0.05, 0) is 18.2 Å². The van der Waals surface area contributed by atoms with E-state index < -0.39 is 11.7 Å². The average molecular weight is 232 g/mol. The second kappa shape index (κ2) is 5.47. The van der Waals surface area contributed by atoms with Gasteiger partial charge in [0.15, 0.2) is 0 Å². The summed E-state index contributed by atoms with van der Waals surface area (Å²) in [6.45, 7) is -0.554. The van der Waals surface area contributed by atoms with Gasteiger partial charge in [-0.2, -0.15) is 10.5 Å². The Bertz CT molecular complexity index is 499. The van der Waals surface area contributed by atoms with Gasteiger partial charge < -0.3 is 10.6 Å². The maximum Gasteiger partial charge on any atom is 0.258 e. The van der Waals surface area contributed by atoms with Crippen LogP contribution >= 0.6 is 0 Å². The van der Waals surface area contributed by atoms with Crippen molar-refractivity contribution in [1.29, 1.82) is 10.5 Å². The molecule has 0 unspecified atom stereocenters. The van der Waals surface area contributed by atoms with Crippen molar-refractivity contribution in [3.63, 3.8) is 0 Å². The van der Waals surface area contributed by atoms with Crippen molar-refractivity contribution in [2.75, 3.05) is 18.8 Å². The van der Waals surface area contributed by atoms with E-state index in [1.165, 1.54) is 12.1 Å². The Kier molecular flexibility index (Phi) is 4.02. The van der Waals surface area contributed by atoms with Crippen LogP contribution in [0.5, 0.6) is 0 Å².